The SMILES string of the molecule is CCC1(CC)CCN(c2nc(O)cs2)C1. The largest absolute Gasteiger partial charge is 0.493 e. The molecule has 0 unspecified atom stereocenters. The fraction of sp³-hybridized carbons (Fsp3) is 0.727. The minimum absolute atomic E-state index is 0.153. The molecular weight excluding hydrogens is 208 g/mol. The Morgan fingerprint density at radius 3 is 2.73 bits per heavy atom. The van der Waals surface area contributed by atoms with Gasteiger partial charge in [-0.05, 0) is 24.7 Å². The first kappa shape index (κ1) is 10.7. The van der Waals surface area contributed by atoms with E-state index in [2.05, 4.69) is 23.7 Å². The van der Waals surface area contributed by atoms with Crippen LogP contribution in [0.25, 0.3) is 0 Å². The van der Waals surface area contributed by atoms with Crippen molar-refractivity contribution in [2.24, 2.45) is 5.41 Å². The van der Waals surface area contributed by atoms with Crippen LogP contribution in [-0.2, 0) is 0 Å². The van der Waals surface area contributed by atoms with Crippen molar-refractivity contribution >= 4 is 16.5 Å². The second-order valence-corrected chi connectivity index (χ2v) is 5.20. The van der Waals surface area contributed by atoms with Crippen LogP contribution in [0.4, 0.5) is 5.13 Å². The standard InChI is InChI=1S/C11H18N2OS/c1-3-11(4-2)5-6-13(8-11)10-12-9(14)7-15-10/h7,14H,3-6,8H2,1-2H3. The molecule has 0 aliphatic carbocycles. The second kappa shape index (κ2) is 4.00. The number of anilines is 1. The lowest BCUT2D eigenvalue weighted by molar-refractivity contribution is 0.301. The van der Waals surface area contributed by atoms with Crippen molar-refractivity contribution in [3.05, 3.63) is 5.38 Å². The highest BCUT2D eigenvalue weighted by molar-refractivity contribution is 7.13. The molecule has 1 aromatic heterocycles. The molecule has 2 heterocycles. The van der Waals surface area contributed by atoms with Gasteiger partial charge in [-0.2, -0.15) is 4.98 Å². The van der Waals surface area contributed by atoms with Crippen LogP contribution in [0.1, 0.15) is 33.1 Å². The summed E-state index contributed by atoms with van der Waals surface area (Å²) in [6.07, 6.45) is 3.72. The molecule has 84 valence electrons. The highest BCUT2D eigenvalue weighted by atomic mass is 32.1. The molecule has 3 nitrogen and oxygen atoms in total. The Morgan fingerprint density at radius 2 is 2.27 bits per heavy atom. The van der Waals surface area contributed by atoms with Gasteiger partial charge in [-0.25, -0.2) is 0 Å². The zero-order chi connectivity index (χ0) is 10.9. The maximum absolute atomic E-state index is 9.23. The molecule has 1 saturated heterocycles. The van der Waals surface area contributed by atoms with E-state index in [1.807, 2.05) is 0 Å². The predicted octanol–water partition coefficient (Wildman–Crippen LogP) is 2.87. The summed E-state index contributed by atoms with van der Waals surface area (Å²) in [4.78, 5) is 6.43. The maximum Gasteiger partial charge on any atom is 0.223 e. The van der Waals surface area contributed by atoms with Crippen LogP contribution in [0, 0.1) is 5.41 Å². The molecule has 0 saturated carbocycles. The Kier molecular flexibility index (Phi) is 2.87. The van der Waals surface area contributed by atoms with Gasteiger partial charge < -0.3 is 10.0 Å². The molecule has 1 aromatic rings. The monoisotopic (exact) mass is 226 g/mol. The zero-order valence-corrected chi connectivity index (χ0v) is 10.2. The Balaban J connectivity index is 2.09. The molecule has 0 amide bonds. The minimum Gasteiger partial charge on any atom is -0.493 e. The van der Waals surface area contributed by atoms with E-state index in [-0.39, 0.29) is 5.88 Å². The summed E-state index contributed by atoms with van der Waals surface area (Å²) in [5, 5.41) is 11.9. The molecule has 0 atom stereocenters. The van der Waals surface area contributed by atoms with E-state index < -0.39 is 0 Å². The highest BCUT2D eigenvalue weighted by Gasteiger charge is 2.35. The number of aromatic hydroxyl groups is 1. The van der Waals surface area contributed by atoms with E-state index in [0.717, 1.165) is 18.2 Å². The van der Waals surface area contributed by atoms with E-state index in [9.17, 15) is 5.11 Å². The van der Waals surface area contributed by atoms with Crippen molar-refractivity contribution < 1.29 is 5.11 Å². The van der Waals surface area contributed by atoms with Crippen molar-refractivity contribution in [3.8, 4) is 5.88 Å². The molecule has 0 aromatic carbocycles. The van der Waals surface area contributed by atoms with E-state index in [1.165, 1.54) is 30.6 Å². The second-order valence-electron chi connectivity index (χ2n) is 4.37. The molecule has 15 heavy (non-hydrogen) atoms. The van der Waals surface area contributed by atoms with Gasteiger partial charge in [-0.15, -0.1) is 11.3 Å². The summed E-state index contributed by atoms with van der Waals surface area (Å²) in [5.41, 5.74) is 0.474. The van der Waals surface area contributed by atoms with Crippen LogP contribution in [0.3, 0.4) is 0 Å². The molecule has 1 aliphatic rings. The van der Waals surface area contributed by atoms with Crippen LogP contribution >= 0.6 is 11.3 Å². The van der Waals surface area contributed by atoms with Crippen LogP contribution < -0.4 is 4.90 Å². The summed E-state index contributed by atoms with van der Waals surface area (Å²) < 4.78 is 0. The van der Waals surface area contributed by atoms with Gasteiger partial charge in [0, 0.05) is 13.1 Å². The fourth-order valence-corrected chi connectivity index (χ4v) is 3.04. The first-order valence-corrected chi connectivity index (χ1v) is 6.46. The fourth-order valence-electron chi connectivity index (χ4n) is 2.33. The van der Waals surface area contributed by atoms with Crippen molar-refractivity contribution in [1.82, 2.24) is 4.98 Å². The van der Waals surface area contributed by atoms with Crippen LogP contribution in [0.2, 0.25) is 0 Å². The molecule has 0 radical (unpaired) electrons. The van der Waals surface area contributed by atoms with Gasteiger partial charge in [0.15, 0.2) is 5.13 Å². The Morgan fingerprint density at radius 1 is 1.53 bits per heavy atom. The van der Waals surface area contributed by atoms with E-state index in [1.54, 1.807) is 5.38 Å². The molecule has 2 rings (SSSR count). The lowest BCUT2D eigenvalue weighted by Gasteiger charge is -2.26. The van der Waals surface area contributed by atoms with Gasteiger partial charge in [0.2, 0.25) is 5.88 Å². The van der Waals surface area contributed by atoms with Crippen molar-refractivity contribution in [2.45, 2.75) is 33.1 Å². The van der Waals surface area contributed by atoms with Gasteiger partial charge in [0.25, 0.3) is 0 Å². The molecule has 4 heteroatoms. The number of hydrogen-bond donors (Lipinski definition) is 1. The lowest BCUT2D eigenvalue weighted by atomic mass is 9.82. The van der Waals surface area contributed by atoms with E-state index in [4.69, 9.17) is 0 Å². The summed E-state index contributed by atoms with van der Waals surface area (Å²) >= 11 is 1.53. The minimum atomic E-state index is 0.153. The maximum atomic E-state index is 9.23. The summed E-state index contributed by atoms with van der Waals surface area (Å²) in [6, 6.07) is 0. The number of thiazole rings is 1. The quantitative estimate of drug-likeness (QED) is 0.861. The highest BCUT2D eigenvalue weighted by Crippen LogP contribution is 2.40. The molecule has 1 aliphatic heterocycles. The lowest BCUT2D eigenvalue weighted by Crippen LogP contribution is -2.25. The van der Waals surface area contributed by atoms with Gasteiger partial charge in [0.1, 0.15) is 0 Å². The number of rotatable bonds is 3. The summed E-state index contributed by atoms with van der Waals surface area (Å²) in [5.74, 6) is 0.153. The average molecular weight is 226 g/mol. The topological polar surface area (TPSA) is 36.4 Å². The average Bonchev–Trinajstić information content (AvgIpc) is 2.84. The third-order valence-corrected chi connectivity index (χ3v) is 4.58. The van der Waals surface area contributed by atoms with Crippen molar-refractivity contribution in [1.29, 1.82) is 0 Å². The predicted molar refractivity (Wildman–Crippen MR) is 63.6 cm³/mol. The first-order chi connectivity index (χ1) is 7.19. The Bertz CT molecular complexity index is 333. The number of nitrogens with zero attached hydrogens (tertiary/aromatic N) is 2. The molecule has 1 fully saturated rings. The van der Waals surface area contributed by atoms with Gasteiger partial charge in [-0.3, -0.25) is 0 Å². The van der Waals surface area contributed by atoms with Gasteiger partial charge in [0.05, 0.1) is 5.38 Å². The number of aromatic nitrogens is 1. The van der Waals surface area contributed by atoms with Crippen LogP contribution in [0.5, 0.6) is 5.88 Å². The Hall–Kier alpha value is -0.770. The number of hydrogen-bond acceptors (Lipinski definition) is 4. The zero-order valence-electron chi connectivity index (χ0n) is 9.36. The van der Waals surface area contributed by atoms with Gasteiger partial charge in [-0.1, -0.05) is 13.8 Å². The van der Waals surface area contributed by atoms with Crippen molar-refractivity contribution in [2.75, 3.05) is 18.0 Å². The molecule has 0 bridgehead atoms. The third-order valence-electron chi connectivity index (χ3n) is 3.69. The van der Waals surface area contributed by atoms with Crippen LogP contribution in [-0.4, -0.2) is 23.2 Å². The third kappa shape index (κ3) is 1.95. The molecular formula is C11H18N2OS. The molecule has 0 spiro atoms. The first-order valence-electron chi connectivity index (χ1n) is 5.58. The Labute approximate surface area is 94.8 Å². The van der Waals surface area contributed by atoms with Gasteiger partial charge >= 0.3 is 0 Å². The summed E-state index contributed by atoms with van der Waals surface area (Å²) in [7, 11) is 0. The van der Waals surface area contributed by atoms with Crippen LogP contribution in [0.15, 0.2) is 5.38 Å². The van der Waals surface area contributed by atoms with E-state index >= 15 is 0 Å². The van der Waals surface area contributed by atoms with Crippen molar-refractivity contribution in [3.63, 3.8) is 0 Å². The smallest absolute Gasteiger partial charge is 0.223 e. The van der Waals surface area contributed by atoms with E-state index in [0.29, 0.717) is 5.41 Å². The summed E-state index contributed by atoms with van der Waals surface area (Å²) in [6.45, 7) is 6.71. The normalized spacial score (nSPS) is 19.7. The molecule has 1 N–H and O–H groups in total.